The molecule has 0 saturated heterocycles. The molecule has 28 heavy (non-hydrogen) atoms. The van der Waals surface area contributed by atoms with Crippen LogP contribution in [0.1, 0.15) is 24.1 Å². The van der Waals surface area contributed by atoms with Crippen LogP contribution in [0, 0.1) is 6.92 Å². The topological polar surface area (TPSA) is 63.6 Å². The van der Waals surface area contributed by atoms with Gasteiger partial charge in [0.15, 0.2) is 0 Å². The molecule has 0 amide bonds. The molecular formula is C22H27ClN4O. The number of likely N-dealkylation sites (N-methyl/N-ethyl adjacent to an activating group) is 1. The molecule has 1 atom stereocenters. The first-order chi connectivity index (χ1) is 13.2. The molecule has 1 aromatic carbocycles. The summed E-state index contributed by atoms with van der Waals surface area (Å²) in [7, 11) is 5.45. The number of aryl methyl sites for hydroxylation is 2. The number of rotatable bonds is 6. The van der Waals surface area contributed by atoms with Crippen LogP contribution in [0.2, 0.25) is 5.02 Å². The number of nitrogens with zero attached hydrogens (tertiary/aromatic N) is 3. The van der Waals surface area contributed by atoms with Crippen molar-refractivity contribution in [2.45, 2.75) is 19.9 Å². The van der Waals surface area contributed by atoms with Gasteiger partial charge in [-0.1, -0.05) is 30.3 Å². The normalized spacial score (nSPS) is 13.7. The van der Waals surface area contributed by atoms with E-state index in [1.54, 1.807) is 24.7 Å². The van der Waals surface area contributed by atoms with Crippen LogP contribution in [0.15, 0.2) is 70.2 Å². The third-order valence-corrected chi connectivity index (χ3v) is 5.11. The second-order valence-corrected chi connectivity index (χ2v) is 7.18. The zero-order valence-electron chi connectivity index (χ0n) is 17.0. The van der Waals surface area contributed by atoms with Crippen LogP contribution in [0.25, 0.3) is 0 Å². The lowest BCUT2D eigenvalue weighted by Crippen LogP contribution is -2.31. The summed E-state index contributed by atoms with van der Waals surface area (Å²) in [4.78, 5) is 18.6. The number of nitrogens with two attached hydrogens (primary N) is 1. The van der Waals surface area contributed by atoms with Gasteiger partial charge in [-0.15, -0.1) is 0 Å². The summed E-state index contributed by atoms with van der Waals surface area (Å²) in [5.74, 6) is 0. The summed E-state index contributed by atoms with van der Waals surface area (Å²) in [5, 5.41) is 0.659. The zero-order chi connectivity index (χ0) is 21.0. The lowest BCUT2D eigenvalue weighted by Gasteiger charge is -2.33. The van der Waals surface area contributed by atoms with Crippen molar-refractivity contribution in [3.63, 3.8) is 0 Å². The molecule has 2 N–H and O–H groups in total. The van der Waals surface area contributed by atoms with Crippen molar-refractivity contribution in [1.82, 2.24) is 4.57 Å². The number of pyridine rings is 1. The van der Waals surface area contributed by atoms with Gasteiger partial charge in [-0.25, -0.2) is 0 Å². The minimum atomic E-state index is -0.240. The molecule has 0 aliphatic heterocycles. The largest absolute Gasteiger partial charge is 0.398 e. The molecule has 1 aromatic heterocycles. The van der Waals surface area contributed by atoms with Crippen molar-refractivity contribution in [3.8, 4) is 0 Å². The summed E-state index contributed by atoms with van der Waals surface area (Å²) < 4.78 is 1.58. The first kappa shape index (κ1) is 21.5. The Labute approximate surface area is 171 Å². The molecule has 0 radical (unpaired) electrons. The summed E-state index contributed by atoms with van der Waals surface area (Å²) in [6.45, 7) is 7.57. The second-order valence-electron chi connectivity index (χ2n) is 6.74. The molecule has 0 bridgehead atoms. The van der Waals surface area contributed by atoms with Crippen molar-refractivity contribution < 1.29 is 0 Å². The molecule has 0 aliphatic rings. The fourth-order valence-corrected chi connectivity index (χ4v) is 3.35. The molecule has 5 nitrogen and oxygen atoms in total. The molecule has 2 aromatic rings. The molecule has 6 heteroatoms. The number of anilines is 1. The highest BCUT2D eigenvalue weighted by molar-refractivity contribution is 6.30. The average molecular weight is 399 g/mol. The third-order valence-electron chi connectivity index (χ3n) is 4.86. The van der Waals surface area contributed by atoms with E-state index in [0.717, 1.165) is 22.5 Å². The van der Waals surface area contributed by atoms with Crippen molar-refractivity contribution in [1.29, 1.82) is 0 Å². The highest BCUT2D eigenvalue weighted by atomic mass is 35.5. The fourth-order valence-electron chi connectivity index (χ4n) is 3.22. The molecule has 0 aliphatic carbocycles. The SMILES string of the molecule is C=CC(N)=C(C(C)=NC)C(c1ccc(Cl)cc1)N(C)c1cc(C)c(=O)n(C)c1. The van der Waals surface area contributed by atoms with Crippen LogP contribution >= 0.6 is 11.6 Å². The second kappa shape index (κ2) is 8.93. The molecular weight excluding hydrogens is 372 g/mol. The van der Waals surface area contributed by atoms with Crippen molar-refractivity contribution in [2.24, 2.45) is 17.8 Å². The van der Waals surface area contributed by atoms with E-state index in [4.69, 9.17) is 17.3 Å². The van der Waals surface area contributed by atoms with Crippen molar-refractivity contribution in [3.05, 3.63) is 87.0 Å². The minimum Gasteiger partial charge on any atom is -0.398 e. The number of benzene rings is 1. The summed E-state index contributed by atoms with van der Waals surface area (Å²) >= 11 is 6.10. The number of hydrogen-bond acceptors (Lipinski definition) is 4. The van der Waals surface area contributed by atoms with Gasteiger partial charge < -0.3 is 15.2 Å². The maximum absolute atomic E-state index is 12.1. The van der Waals surface area contributed by atoms with Gasteiger partial charge in [0, 0.05) is 54.9 Å². The molecule has 2 rings (SSSR count). The van der Waals surface area contributed by atoms with E-state index in [-0.39, 0.29) is 11.6 Å². The van der Waals surface area contributed by atoms with Crippen LogP contribution in [0.3, 0.4) is 0 Å². The van der Waals surface area contributed by atoms with Crippen LogP contribution < -0.4 is 16.2 Å². The maximum Gasteiger partial charge on any atom is 0.253 e. The number of allylic oxidation sites excluding steroid dienone is 1. The van der Waals surface area contributed by atoms with E-state index < -0.39 is 0 Å². The Morgan fingerprint density at radius 1 is 1.36 bits per heavy atom. The molecule has 0 spiro atoms. The fraction of sp³-hybridized carbons (Fsp3) is 0.273. The number of hydrogen-bond donors (Lipinski definition) is 1. The predicted molar refractivity (Wildman–Crippen MR) is 119 cm³/mol. The first-order valence-corrected chi connectivity index (χ1v) is 9.30. The first-order valence-electron chi connectivity index (χ1n) is 8.92. The number of halogens is 1. The Balaban J connectivity index is 2.76. The van der Waals surface area contributed by atoms with Crippen LogP contribution in [0.5, 0.6) is 0 Å². The van der Waals surface area contributed by atoms with Gasteiger partial charge in [0.05, 0.1) is 11.7 Å². The van der Waals surface area contributed by atoms with Gasteiger partial charge in [-0.3, -0.25) is 9.79 Å². The monoisotopic (exact) mass is 398 g/mol. The third kappa shape index (κ3) is 4.37. The standard InChI is InChI=1S/C22H27ClN4O/c1-7-19(24)20(15(3)25-4)21(16-8-10-17(23)11-9-16)27(6)18-12-14(2)22(28)26(5)13-18/h7-13,21H,1,24H2,2-6H3. The predicted octanol–water partition coefficient (Wildman–Crippen LogP) is 4.01. The van der Waals surface area contributed by atoms with E-state index in [9.17, 15) is 4.79 Å². The van der Waals surface area contributed by atoms with Crippen molar-refractivity contribution in [2.75, 3.05) is 19.0 Å². The Bertz CT molecular complexity index is 960. The molecule has 1 unspecified atom stereocenters. The smallest absolute Gasteiger partial charge is 0.253 e. The van der Waals surface area contributed by atoms with Crippen LogP contribution in [-0.2, 0) is 7.05 Å². The Hall–Kier alpha value is -2.79. The highest BCUT2D eigenvalue weighted by Gasteiger charge is 2.26. The molecule has 0 saturated carbocycles. The average Bonchev–Trinajstić information content (AvgIpc) is 2.69. The highest BCUT2D eigenvalue weighted by Crippen LogP contribution is 2.34. The summed E-state index contributed by atoms with van der Waals surface area (Å²) in [5.41, 5.74) is 11.1. The minimum absolute atomic E-state index is 0.0205. The molecule has 148 valence electrons. The van der Waals surface area contributed by atoms with E-state index in [2.05, 4.69) is 16.5 Å². The van der Waals surface area contributed by atoms with E-state index in [1.807, 2.05) is 57.4 Å². The Morgan fingerprint density at radius 2 is 1.96 bits per heavy atom. The Kier molecular flexibility index (Phi) is 6.86. The van der Waals surface area contributed by atoms with E-state index >= 15 is 0 Å². The quantitative estimate of drug-likeness (QED) is 0.590. The Morgan fingerprint density at radius 3 is 2.46 bits per heavy atom. The van der Waals surface area contributed by atoms with E-state index in [1.165, 1.54) is 0 Å². The van der Waals surface area contributed by atoms with Gasteiger partial charge in [-0.05, 0) is 43.7 Å². The number of aromatic nitrogens is 1. The van der Waals surface area contributed by atoms with Gasteiger partial charge in [0.2, 0.25) is 0 Å². The molecule has 0 fully saturated rings. The van der Waals surface area contributed by atoms with Gasteiger partial charge in [0.1, 0.15) is 0 Å². The maximum atomic E-state index is 12.1. The molecule has 1 heterocycles. The van der Waals surface area contributed by atoms with E-state index in [0.29, 0.717) is 16.3 Å². The summed E-state index contributed by atoms with van der Waals surface area (Å²) in [6, 6.07) is 9.28. The lowest BCUT2D eigenvalue weighted by atomic mass is 9.92. The lowest BCUT2D eigenvalue weighted by molar-refractivity contribution is 0.762. The summed E-state index contributed by atoms with van der Waals surface area (Å²) in [6.07, 6.45) is 3.45. The zero-order valence-corrected chi connectivity index (χ0v) is 17.8. The van der Waals surface area contributed by atoms with Gasteiger partial charge >= 0.3 is 0 Å². The van der Waals surface area contributed by atoms with Crippen LogP contribution in [-0.4, -0.2) is 24.4 Å². The van der Waals surface area contributed by atoms with Gasteiger partial charge in [-0.2, -0.15) is 0 Å². The van der Waals surface area contributed by atoms with Gasteiger partial charge in [0.25, 0.3) is 5.56 Å². The van der Waals surface area contributed by atoms with Crippen molar-refractivity contribution >= 4 is 23.0 Å². The van der Waals surface area contributed by atoms with Crippen LogP contribution in [0.4, 0.5) is 5.69 Å². The number of aliphatic imine (C=N–C) groups is 1.